The van der Waals surface area contributed by atoms with Gasteiger partial charge in [-0.3, -0.25) is 0 Å². The molecule has 6 atom stereocenters. The van der Waals surface area contributed by atoms with Crippen molar-refractivity contribution in [2.45, 2.75) is 37.9 Å². The average molecular weight is 902 g/mol. The summed E-state index contributed by atoms with van der Waals surface area (Å²) >= 11 is 0. The van der Waals surface area contributed by atoms with Gasteiger partial charge in [0.05, 0.1) is 40.5 Å². The van der Waals surface area contributed by atoms with Gasteiger partial charge in [0.25, 0.3) is 0 Å². The summed E-state index contributed by atoms with van der Waals surface area (Å²) in [5.74, 6) is 0.946. The quantitative estimate of drug-likeness (QED) is 0.128. The number of nitrogen functional groups attached to an aromatic ring is 1. The predicted octanol–water partition coefficient (Wildman–Crippen LogP) is 16.9. The van der Waals surface area contributed by atoms with E-state index in [1.165, 1.54) is 82.3 Å². The number of nitrogens with two attached hydrogens (primary N) is 1. The van der Waals surface area contributed by atoms with Crippen molar-refractivity contribution in [2.75, 3.05) is 10.6 Å². The Hall–Kier alpha value is -8.34. The Morgan fingerprint density at radius 1 is 0.486 bits per heavy atom. The van der Waals surface area contributed by atoms with E-state index in [1.807, 2.05) is 18.2 Å². The van der Waals surface area contributed by atoms with Crippen molar-refractivity contribution in [1.29, 1.82) is 0 Å². The minimum atomic E-state index is 0.0710. The number of hydrogen-bond acceptors (Lipinski definition) is 3. The lowest BCUT2D eigenvalue weighted by Gasteiger charge is -2.27. The Balaban J connectivity index is 0.880. The third kappa shape index (κ3) is 6.36. The van der Waals surface area contributed by atoms with Crippen LogP contribution in [0.15, 0.2) is 235 Å². The minimum Gasteiger partial charge on any atom is -0.456 e. The lowest BCUT2D eigenvalue weighted by Crippen LogP contribution is -2.18. The molecule has 0 saturated carbocycles. The standard InChI is InChI=1S/C66H51N3O/c1-40-35-45(27-31-49(40)42-15-4-3-5-16-42)44-18-14-19-47(37-44)65-66(69(65)58-25-12-11-24-56(58)67)48-29-32-57(41(2)36-48)68-59-33-28-43-17-6-7-20-50(43)63(59)64-53-23-9-8-21-51(53)54(39-60(64)68)46-30-34-62-55(38-46)52-22-10-13-26-61(52)70-62/h3-41,49,57,65-66H,67H2,1-2H3/t40?,41?,49?,57?,65?,66-,69?/m0/s1. The van der Waals surface area contributed by atoms with Crippen LogP contribution in [0, 0.1) is 11.8 Å². The summed E-state index contributed by atoms with van der Waals surface area (Å²) < 4.78 is 8.95. The topological polar surface area (TPSA) is 47.1 Å². The van der Waals surface area contributed by atoms with Crippen LogP contribution in [-0.4, -0.2) is 10.6 Å². The van der Waals surface area contributed by atoms with Gasteiger partial charge in [0, 0.05) is 27.5 Å². The van der Waals surface area contributed by atoms with Crippen molar-refractivity contribution in [3.05, 3.63) is 247 Å². The molecule has 14 rings (SSSR count). The van der Waals surface area contributed by atoms with E-state index >= 15 is 0 Å². The van der Waals surface area contributed by atoms with Crippen molar-refractivity contribution in [3.63, 3.8) is 0 Å². The van der Waals surface area contributed by atoms with E-state index < -0.39 is 0 Å². The first-order valence-corrected chi connectivity index (χ1v) is 24.8. The van der Waals surface area contributed by atoms with Crippen molar-refractivity contribution < 1.29 is 4.42 Å². The van der Waals surface area contributed by atoms with Crippen LogP contribution in [0.25, 0.3) is 82.0 Å². The monoisotopic (exact) mass is 901 g/mol. The van der Waals surface area contributed by atoms with Gasteiger partial charge in [-0.15, -0.1) is 0 Å². The van der Waals surface area contributed by atoms with Gasteiger partial charge in [-0.1, -0.05) is 190 Å². The summed E-state index contributed by atoms with van der Waals surface area (Å²) in [6.07, 6.45) is 14.6. The summed E-state index contributed by atoms with van der Waals surface area (Å²) in [5.41, 5.74) is 21.9. The summed E-state index contributed by atoms with van der Waals surface area (Å²) in [5, 5.41) is 9.92. The molecule has 11 aromatic rings. The molecule has 2 aliphatic carbocycles. The number of hydrogen-bond donors (Lipinski definition) is 1. The van der Waals surface area contributed by atoms with Gasteiger partial charge >= 0.3 is 0 Å². The molecule has 1 aliphatic heterocycles. The van der Waals surface area contributed by atoms with Crippen molar-refractivity contribution in [3.8, 4) is 11.1 Å². The highest BCUT2D eigenvalue weighted by Crippen LogP contribution is 2.54. The van der Waals surface area contributed by atoms with Gasteiger partial charge in [0.1, 0.15) is 11.2 Å². The minimum absolute atomic E-state index is 0.0710. The maximum absolute atomic E-state index is 6.81. The summed E-state index contributed by atoms with van der Waals surface area (Å²) in [7, 11) is 0. The number of rotatable bonds is 7. The third-order valence-corrected chi connectivity index (χ3v) is 15.8. The Kier molecular flexibility index (Phi) is 9.22. The number of fused-ring (bicyclic) bond motifs is 10. The number of benzene rings is 9. The second-order valence-electron chi connectivity index (χ2n) is 19.9. The maximum atomic E-state index is 6.81. The molecule has 0 bridgehead atoms. The molecule has 1 fully saturated rings. The fourth-order valence-electron chi connectivity index (χ4n) is 12.4. The fraction of sp³-hybridized carbons (Fsp3) is 0.121. The molecular weight excluding hydrogens is 851 g/mol. The Labute approximate surface area is 407 Å². The van der Waals surface area contributed by atoms with Crippen molar-refractivity contribution >= 4 is 82.2 Å². The molecule has 3 aliphatic rings. The highest BCUT2D eigenvalue weighted by molar-refractivity contribution is 6.30. The summed E-state index contributed by atoms with van der Waals surface area (Å²) in [6.45, 7) is 4.74. The second-order valence-corrected chi connectivity index (χ2v) is 19.9. The molecule has 2 N–H and O–H groups in total. The molecule has 70 heavy (non-hydrogen) atoms. The van der Waals surface area contributed by atoms with Crippen molar-refractivity contribution in [1.82, 2.24) is 4.57 Å². The zero-order valence-corrected chi connectivity index (χ0v) is 39.2. The van der Waals surface area contributed by atoms with Crippen molar-refractivity contribution in [2.24, 2.45) is 11.8 Å². The van der Waals surface area contributed by atoms with Gasteiger partial charge in [0.2, 0.25) is 0 Å². The first-order valence-electron chi connectivity index (χ1n) is 24.8. The van der Waals surface area contributed by atoms with E-state index in [2.05, 4.69) is 230 Å². The zero-order chi connectivity index (χ0) is 46.6. The SMILES string of the molecule is CC1C=C(c2cccc(C3[C@H](C4=CC(C)C(n5c6ccc7ccccc7c6c6c7ccccc7c(-c7ccc8oc9ccccc9c8c7)cc65)C=C4)N3c3ccccc3N)c2)C=CC1c1ccccc1. The van der Waals surface area contributed by atoms with Crippen LogP contribution in [0.3, 0.4) is 0 Å². The summed E-state index contributed by atoms with van der Waals surface area (Å²) in [4.78, 5) is 2.53. The number of anilines is 2. The van der Waals surface area contributed by atoms with Gasteiger partial charge in [-0.05, 0) is 121 Å². The fourth-order valence-corrected chi connectivity index (χ4v) is 12.4. The molecule has 4 nitrogen and oxygen atoms in total. The maximum Gasteiger partial charge on any atom is 0.135 e. The number of aromatic nitrogens is 1. The Morgan fingerprint density at radius 2 is 1.21 bits per heavy atom. The predicted molar refractivity (Wildman–Crippen MR) is 294 cm³/mol. The van der Waals surface area contributed by atoms with E-state index in [1.54, 1.807) is 0 Å². The summed E-state index contributed by atoms with van der Waals surface area (Å²) in [6, 6.07) is 68.9. The van der Waals surface area contributed by atoms with Crippen LogP contribution >= 0.6 is 0 Å². The molecule has 9 aromatic carbocycles. The Bertz CT molecular complexity index is 4050. The molecule has 3 heterocycles. The van der Waals surface area contributed by atoms with E-state index in [4.69, 9.17) is 10.2 Å². The molecule has 0 spiro atoms. The van der Waals surface area contributed by atoms with Gasteiger partial charge in [-0.2, -0.15) is 0 Å². The lowest BCUT2D eigenvalue weighted by molar-refractivity contribution is 0.506. The Morgan fingerprint density at radius 3 is 2.06 bits per heavy atom. The normalized spacial score (nSPS) is 21.1. The molecule has 5 unspecified atom stereocenters. The highest BCUT2D eigenvalue weighted by Gasteiger charge is 2.51. The number of allylic oxidation sites excluding steroid dienone is 6. The van der Waals surface area contributed by atoms with Gasteiger partial charge < -0.3 is 19.6 Å². The van der Waals surface area contributed by atoms with Crippen LogP contribution < -0.4 is 10.6 Å². The molecule has 4 heteroatoms. The largest absolute Gasteiger partial charge is 0.456 e. The molecular formula is C66H51N3O. The molecule has 0 amide bonds. The van der Waals surface area contributed by atoms with Gasteiger partial charge in [0.15, 0.2) is 0 Å². The zero-order valence-electron chi connectivity index (χ0n) is 39.2. The third-order valence-electron chi connectivity index (χ3n) is 15.8. The van der Waals surface area contributed by atoms with E-state index in [9.17, 15) is 0 Å². The smallest absolute Gasteiger partial charge is 0.135 e. The molecule has 1 saturated heterocycles. The molecule has 0 radical (unpaired) electrons. The number of nitrogens with zero attached hydrogens (tertiary/aromatic N) is 2. The highest BCUT2D eigenvalue weighted by atomic mass is 16.3. The first kappa shape index (κ1) is 40.7. The van der Waals surface area contributed by atoms with Crippen LogP contribution in [0.2, 0.25) is 0 Å². The molecule has 336 valence electrons. The first-order chi connectivity index (χ1) is 34.5. The number of para-hydroxylation sites is 3. The van der Waals surface area contributed by atoms with Gasteiger partial charge in [-0.25, -0.2) is 0 Å². The second kappa shape index (κ2) is 15.9. The number of furan rings is 1. The van der Waals surface area contributed by atoms with Crippen LogP contribution in [-0.2, 0) is 0 Å². The van der Waals surface area contributed by atoms with E-state index in [0.29, 0.717) is 11.8 Å². The van der Waals surface area contributed by atoms with Crippen LogP contribution in [0.1, 0.15) is 48.5 Å². The van der Waals surface area contributed by atoms with Crippen LogP contribution in [0.5, 0.6) is 0 Å². The lowest BCUT2D eigenvalue weighted by atomic mass is 9.81. The van der Waals surface area contributed by atoms with Crippen LogP contribution in [0.4, 0.5) is 11.4 Å². The molecule has 2 aromatic heterocycles. The van der Waals surface area contributed by atoms with E-state index in [-0.39, 0.29) is 24.0 Å². The van der Waals surface area contributed by atoms with E-state index in [0.717, 1.165) is 33.3 Å². The average Bonchev–Trinajstić information content (AvgIpc) is 3.89.